The van der Waals surface area contributed by atoms with Gasteiger partial charge in [0, 0.05) is 12.3 Å². The molecule has 0 aromatic heterocycles. The van der Waals surface area contributed by atoms with Gasteiger partial charge < -0.3 is 5.11 Å². The van der Waals surface area contributed by atoms with Crippen LogP contribution in [0.3, 0.4) is 0 Å². The number of carbonyl (C=O) groups is 1. The molecule has 116 valence electrons. The van der Waals surface area contributed by atoms with Gasteiger partial charge in [-0.05, 0) is 56.3 Å². The van der Waals surface area contributed by atoms with Crippen LogP contribution in [0.1, 0.15) is 79.1 Å². The van der Waals surface area contributed by atoms with E-state index in [-0.39, 0.29) is 11.3 Å². The molecular weight excluding hydrogens is 248 g/mol. The summed E-state index contributed by atoms with van der Waals surface area (Å²) in [6.45, 7) is 8.76. The fourth-order valence-electron chi connectivity index (χ4n) is 4.99. The molecule has 2 saturated carbocycles. The molecule has 20 heavy (non-hydrogen) atoms. The molecule has 2 rings (SSSR count). The molecular formula is C18H32O2. The van der Waals surface area contributed by atoms with Gasteiger partial charge in [0.25, 0.3) is 0 Å². The summed E-state index contributed by atoms with van der Waals surface area (Å²) in [7, 11) is 0. The average Bonchev–Trinajstić information content (AvgIpc) is 2.67. The topological polar surface area (TPSA) is 37.3 Å². The van der Waals surface area contributed by atoms with E-state index in [0.29, 0.717) is 17.6 Å². The zero-order valence-electron chi connectivity index (χ0n) is 13.7. The first-order valence-corrected chi connectivity index (χ1v) is 8.52. The Morgan fingerprint density at radius 3 is 2.75 bits per heavy atom. The van der Waals surface area contributed by atoms with Gasteiger partial charge in [0.15, 0.2) is 0 Å². The third kappa shape index (κ3) is 2.95. The molecule has 0 bridgehead atoms. The summed E-state index contributed by atoms with van der Waals surface area (Å²) in [5, 5.41) is 11.0. The first kappa shape index (κ1) is 16.0. The molecule has 0 amide bonds. The number of ketones is 1. The second kappa shape index (κ2) is 5.79. The van der Waals surface area contributed by atoms with E-state index in [1.54, 1.807) is 0 Å². The van der Waals surface area contributed by atoms with Crippen LogP contribution in [0.15, 0.2) is 0 Å². The lowest BCUT2D eigenvalue weighted by Crippen LogP contribution is -2.46. The SMILES string of the molecule is CC(C)CCC[C@](C)(O)[C@H]1CC[C@H]2C(=O)CCC[C@@]21C. The van der Waals surface area contributed by atoms with Crippen molar-refractivity contribution in [3.8, 4) is 0 Å². The van der Waals surface area contributed by atoms with Crippen molar-refractivity contribution < 1.29 is 9.90 Å². The molecule has 4 atom stereocenters. The van der Waals surface area contributed by atoms with Gasteiger partial charge in [-0.2, -0.15) is 0 Å². The number of hydrogen-bond donors (Lipinski definition) is 1. The number of carbonyl (C=O) groups excluding carboxylic acids is 1. The molecule has 0 radical (unpaired) electrons. The van der Waals surface area contributed by atoms with Crippen molar-refractivity contribution >= 4 is 5.78 Å². The summed E-state index contributed by atoms with van der Waals surface area (Å²) in [6.07, 6.45) is 8.09. The summed E-state index contributed by atoms with van der Waals surface area (Å²) in [4.78, 5) is 12.2. The standard InChI is InChI=1S/C18H32O2/c1-13(2)7-5-12-18(4,20)16-10-9-14-15(19)8-6-11-17(14,16)3/h13-14,16,20H,5-12H2,1-4H3/t14-,16-,17-,18-/m0/s1. The van der Waals surface area contributed by atoms with E-state index in [1.165, 1.54) is 6.42 Å². The van der Waals surface area contributed by atoms with Gasteiger partial charge in [-0.15, -0.1) is 0 Å². The van der Waals surface area contributed by atoms with Crippen LogP contribution in [0, 0.1) is 23.2 Å². The molecule has 0 aliphatic heterocycles. The Balaban J connectivity index is 2.05. The highest BCUT2D eigenvalue weighted by molar-refractivity contribution is 5.83. The molecule has 0 heterocycles. The van der Waals surface area contributed by atoms with Gasteiger partial charge in [0.1, 0.15) is 5.78 Å². The van der Waals surface area contributed by atoms with E-state index in [1.807, 2.05) is 6.92 Å². The zero-order chi connectivity index (χ0) is 15.0. The molecule has 2 heteroatoms. The van der Waals surface area contributed by atoms with Crippen LogP contribution in [-0.4, -0.2) is 16.5 Å². The monoisotopic (exact) mass is 280 g/mol. The van der Waals surface area contributed by atoms with Crippen LogP contribution in [-0.2, 0) is 4.79 Å². The maximum Gasteiger partial charge on any atom is 0.136 e. The van der Waals surface area contributed by atoms with Gasteiger partial charge in [0.05, 0.1) is 5.60 Å². The highest BCUT2D eigenvalue weighted by Crippen LogP contribution is 2.58. The van der Waals surface area contributed by atoms with Gasteiger partial charge >= 0.3 is 0 Å². The van der Waals surface area contributed by atoms with Crippen LogP contribution < -0.4 is 0 Å². The molecule has 0 spiro atoms. The lowest BCUT2D eigenvalue weighted by Gasteiger charge is -2.45. The summed E-state index contributed by atoms with van der Waals surface area (Å²) in [6, 6.07) is 0. The van der Waals surface area contributed by atoms with E-state index >= 15 is 0 Å². The van der Waals surface area contributed by atoms with Gasteiger partial charge in [-0.1, -0.05) is 33.6 Å². The third-order valence-electron chi connectivity index (χ3n) is 6.08. The largest absolute Gasteiger partial charge is 0.390 e. The van der Waals surface area contributed by atoms with Crippen molar-refractivity contribution in [1.29, 1.82) is 0 Å². The van der Waals surface area contributed by atoms with E-state index in [4.69, 9.17) is 0 Å². The molecule has 0 saturated heterocycles. The molecule has 0 unspecified atom stereocenters. The number of fused-ring (bicyclic) bond motifs is 1. The van der Waals surface area contributed by atoms with E-state index < -0.39 is 5.60 Å². The second-order valence-corrected chi connectivity index (χ2v) is 8.15. The third-order valence-corrected chi connectivity index (χ3v) is 6.08. The maximum atomic E-state index is 12.2. The van der Waals surface area contributed by atoms with E-state index in [2.05, 4.69) is 20.8 Å². The van der Waals surface area contributed by atoms with Gasteiger partial charge in [-0.25, -0.2) is 0 Å². The van der Waals surface area contributed by atoms with Crippen LogP contribution >= 0.6 is 0 Å². The number of rotatable bonds is 5. The Morgan fingerprint density at radius 2 is 2.10 bits per heavy atom. The maximum absolute atomic E-state index is 12.2. The Hall–Kier alpha value is -0.370. The predicted octanol–water partition coefficient (Wildman–Crippen LogP) is 4.35. The van der Waals surface area contributed by atoms with Crippen LogP contribution in [0.25, 0.3) is 0 Å². The number of hydrogen-bond acceptors (Lipinski definition) is 2. The van der Waals surface area contributed by atoms with Crippen LogP contribution in [0.5, 0.6) is 0 Å². The minimum absolute atomic E-state index is 0.0522. The Labute approximate surface area is 124 Å². The molecule has 0 aromatic carbocycles. The normalized spacial score (nSPS) is 37.0. The molecule has 2 fully saturated rings. The smallest absolute Gasteiger partial charge is 0.136 e. The van der Waals surface area contributed by atoms with Gasteiger partial charge in [-0.3, -0.25) is 4.79 Å². The second-order valence-electron chi connectivity index (χ2n) is 8.15. The van der Waals surface area contributed by atoms with Crippen LogP contribution in [0.4, 0.5) is 0 Å². The highest BCUT2D eigenvalue weighted by atomic mass is 16.3. The molecule has 2 nitrogen and oxygen atoms in total. The molecule has 2 aliphatic carbocycles. The van der Waals surface area contributed by atoms with Crippen molar-refractivity contribution in [2.45, 2.75) is 84.7 Å². The average molecular weight is 280 g/mol. The fourth-order valence-corrected chi connectivity index (χ4v) is 4.99. The predicted molar refractivity (Wildman–Crippen MR) is 82.5 cm³/mol. The van der Waals surface area contributed by atoms with Crippen molar-refractivity contribution in [3.05, 3.63) is 0 Å². The van der Waals surface area contributed by atoms with Crippen molar-refractivity contribution in [2.24, 2.45) is 23.2 Å². The minimum Gasteiger partial charge on any atom is -0.390 e. The quantitative estimate of drug-likeness (QED) is 0.813. The first-order chi connectivity index (χ1) is 9.27. The number of aliphatic hydroxyl groups is 1. The molecule has 2 aliphatic rings. The Kier molecular flexibility index (Phi) is 4.63. The fraction of sp³-hybridized carbons (Fsp3) is 0.944. The zero-order valence-corrected chi connectivity index (χ0v) is 13.7. The summed E-state index contributed by atoms with van der Waals surface area (Å²) >= 11 is 0. The van der Waals surface area contributed by atoms with Crippen molar-refractivity contribution in [2.75, 3.05) is 0 Å². The van der Waals surface area contributed by atoms with E-state index in [0.717, 1.165) is 44.9 Å². The summed E-state index contributed by atoms with van der Waals surface area (Å²) < 4.78 is 0. The molecule has 0 aromatic rings. The summed E-state index contributed by atoms with van der Waals surface area (Å²) in [5.41, 5.74) is -0.549. The lowest BCUT2D eigenvalue weighted by atomic mass is 9.60. The Morgan fingerprint density at radius 1 is 1.40 bits per heavy atom. The Bertz CT molecular complexity index is 358. The van der Waals surface area contributed by atoms with Crippen molar-refractivity contribution in [1.82, 2.24) is 0 Å². The summed E-state index contributed by atoms with van der Waals surface area (Å²) in [5.74, 6) is 1.68. The van der Waals surface area contributed by atoms with Crippen LogP contribution in [0.2, 0.25) is 0 Å². The van der Waals surface area contributed by atoms with Crippen molar-refractivity contribution in [3.63, 3.8) is 0 Å². The van der Waals surface area contributed by atoms with E-state index in [9.17, 15) is 9.90 Å². The highest BCUT2D eigenvalue weighted by Gasteiger charge is 2.56. The van der Waals surface area contributed by atoms with Gasteiger partial charge in [0.2, 0.25) is 0 Å². The molecule has 1 N–H and O–H groups in total. The minimum atomic E-state index is -0.601. The first-order valence-electron chi connectivity index (χ1n) is 8.52. The lowest BCUT2D eigenvalue weighted by molar-refractivity contribution is -0.133. The number of Topliss-reactive ketones (excluding diaryl/α,β-unsaturated/α-hetero) is 1.